The molecule has 224 valence electrons. The van der Waals surface area contributed by atoms with Gasteiger partial charge in [0, 0.05) is 72.4 Å². The van der Waals surface area contributed by atoms with E-state index in [-0.39, 0.29) is 28.1 Å². The van der Waals surface area contributed by atoms with Crippen LogP contribution in [0, 0.1) is 0 Å². The summed E-state index contributed by atoms with van der Waals surface area (Å²) in [7, 11) is 1.82. The van der Waals surface area contributed by atoms with Crippen LogP contribution in [-0.2, 0) is 0 Å². The van der Waals surface area contributed by atoms with E-state index in [1.807, 2.05) is 51.2 Å². The molecule has 2 heterocycles. The second-order valence-electron chi connectivity index (χ2n) is 9.92. The molecule has 8 nitrogen and oxygen atoms in total. The summed E-state index contributed by atoms with van der Waals surface area (Å²) in [6.07, 6.45) is -0.488. The van der Waals surface area contributed by atoms with Gasteiger partial charge in [-0.3, -0.25) is 9.59 Å². The van der Waals surface area contributed by atoms with Crippen molar-refractivity contribution in [1.82, 2.24) is 20.5 Å². The highest BCUT2D eigenvalue weighted by Gasteiger charge is 2.33. The number of aromatic nitrogens is 1. The number of hydrogen-bond acceptors (Lipinski definition) is 6. The van der Waals surface area contributed by atoms with Crippen molar-refractivity contribution in [3.63, 3.8) is 0 Å². The lowest BCUT2D eigenvalue weighted by Gasteiger charge is -2.43. The summed E-state index contributed by atoms with van der Waals surface area (Å²) in [5, 5.41) is 6.16. The van der Waals surface area contributed by atoms with Gasteiger partial charge in [-0.25, -0.2) is 13.8 Å². The Bertz CT molecular complexity index is 1410. The molecule has 0 spiro atoms. The van der Waals surface area contributed by atoms with Crippen molar-refractivity contribution in [2.24, 2.45) is 0 Å². The van der Waals surface area contributed by atoms with E-state index in [2.05, 4.69) is 20.5 Å². The fourth-order valence-corrected chi connectivity index (χ4v) is 5.36. The van der Waals surface area contributed by atoms with Crippen molar-refractivity contribution in [2.45, 2.75) is 32.7 Å². The maximum Gasteiger partial charge on any atom is 0.264 e. The number of hydrogen-bond donors (Lipinski definition) is 2. The molecule has 0 bridgehead atoms. The van der Waals surface area contributed by atoms with Crippen molar-refractivity contribution in [1.29, 1.82) is 0 Å². The lowest BCUT2D eigenvalue weighted by molar-refractivity contribution is 0.0708. The van der Waals surface area contributed by atoms with Crippen LogP contribution in [0.5, 0.6) is 5.88 Å². The second kappa shape index (κ2) is 14.4. The number of carbonyl (C=O) groups excluding carboxylic acids is 2. The van der Waals surface area contributed by atoms with Crippen LogP contribution >= 0.6 is 11.6 Å². The molecule has 0 aliphatic carbocycles. The predicted molar refractivity (Wildman–Crippen MR) is 161 cm³/mol. The third kappa shape index (κ3) is 6.99. The van der Waals surface area contributed by atoms with E-state index in [4.69, 9.17) is 16.3 Å². The largest absolute Gasteiger partial charge is 0.478 e. The van der Waals surface area contributed by atoms with E-state index in [1.54, 1.807) is 11.1 Å². The van der Waals surface area contributed by atoms with E-state index < -0.39 is 12.3 Å². The average Bonchev–Trinajstić information content (AvgIpc) is 3.00. The van der Waals surface area contributed by atoms with Crippen LogP contribution in [0.25, 0.3) is 11.1 Å². The van der Waals surface area contributed by atoms with Crippen molar-refractivity contribution >= 4 is 29.1 Å². The van der Waals surface area contributed by atoms with E-state index in [9.17, 15) is 18.4 Å². The minimum absolute atomic E-state index is 0.0479. The molecule has 42 heavy (non-hydrogen) atoms. The Morgan fingerprint density at radius 1 is 1.10 bits per heavy atom. The molecule has 0 radical (unpaired) electrons. The zero-order valence-electron chi connectivity index (χ0n) is 24.0. The summed E-state index contributed by atoms with van der Waals surface area (Å²) >= 11 is 5.93. The summed E-state index contributed by atoms with van der Waals surface area (Å²) < 4.78 is 33.2. The van der Waals surface area contributed by atoms with Crippen LogP contribution in [-0.4, -0.2) is 74.1 Å². The summed E-state index contributed by atoms with van der Waals surface area (Å²) in [4.78, 5) is 35.0. The molecule has 4 rings (SSSR count). The standard InChI is InChI=1S/C31H36ClF2N5O3/c1-4-22-19-38(31(41)24-10-9-21(32)18-25(24)28(33)34)15-16-39(22)27-11-8-20(17-26(27)29(40)36-14-13-35-3)23-7-6-12-37-30(23)42-5-2/h6-12,17-18,22,28,35H,4-5,13-16,19H2,1-3H3,(H,36,40)/t22-/m1/s1. The first-order valence-corrected chi connectivity index (χ1v) is 14.4. The number of nitrogens with one attached hydrogen (secondary N) is 2. The number of alkyl halides is 2. The first-order chi connectivity index (χ1) is 20.3. The lowest BCUT2D eigenvalue weighted by atomic mass is 9.98. The highest BCUT2D eigenvalue weighted by Crippen LogP contribution is 2.35. The van der Waals surface area contributed by atoms with E-state index in [1.165, 1.54) is 12.1 Å². The van der Waals surface area contributed by atoms with E-state index in [0.29, 0.717) is 57.2 Å². The topological polar surface area (TPSA) is 86.8 Å². The predicted octanol–water partition coefficient (Wildman–Crippen LogP) is 5.43. The summed E-state index contributed by atoms with van der Waals surface area (Å²) in [6.45, 7) is 6.46. The Hall–Kier alpha value is -3.76. The van der Waals surface area contributed by atoms with Crippen LogP contribution in [0.1, 0.15) is 53.0 Å². The van der Waals surface area contributed by atoms with Crippen LogP contribution in [0.4, 0.5) is 14.5 Å². The first-order valence-electron chi connectivity index (χ1n) is 14.1. The molecule has 0 unspecified atom stereocenters. The van der Waals surface area contributed by atoms with Gasteiger partial charge in [0.05, 0.1) is 12.2 Å². The van der Waals surface area contributed by atoms with Crippen LogP contribution in [0.2, 0.25) is 5.02 Å². The van der Waals surface area contributed by atoms with Crippen molar-refractivity contribution in [3.8, 4) is 17.0 Å². The summed E-state index contributed by atoms with van der Waals surface area (Å²) in [5.41, 5.74) is 2.37. The van der Waals surface area contributed by atoms with Crippen LogP contribution < -0.4 is 20.3 Å². The molecule has 1 atom stereocenters. The van der Waals surface area contributed by atoms with E-state index in [0.717, 1.165) is 22.9 Å². The fourth-order valence-electron chi connectivity index (χ4n) is 5.18. The molecule has 1 fully saturated rings. The SMILES string of the molecule is CCOc1ncccc1-c1ccc(N2CCN(C(=O)c3ccc(Cl)cc3C(F)F)C[C@H]2CC)c(C(=O)NCCNC)c1. The van der Waals surface area contributed by atoms with Gasteiger partial charge in [0.1, 0.15) is 0 Å². The van der Waals surface area contributed by atoms with E-state index >= 15 is 0 Å². The quantitative estimate of drug-likeness (QED) is 0.286. The molecule has 3 aromatic rings. The minimum Gasteiger partial charge on any atom is -0.478 e. The highest BCUT2D eigenvalue weighted by molar-refractivity contribution is 6.30. The first kappa shape index (κ1) is 31.2. The molecule has 11 heteroatoms. The molecular weight excluding hydrogens is 564 g/mol. The molecule has 1 saturated heterocycles. The molecule has 2 amide bonds. The highest BCUT2D eigenvalue weighted by atomic mass is 35.5. The van der Waals surface area contributed by atoms with Gasteiger partial charge in [-0.1, -0.05) is 24.6 Å². The van der Waals surface area contributed by atoms with Gasteiger partial charge in [-0.05, 0) is 68.4 Å². The smallest absolute Gasteiger partial charge is 0.264 e. The van der Waals surface area contributed by atoms with Crippen LogP contribution in [0.15, 0.2) is 54.7 Å². The van der Waals surface area contributed by atoms with Crippen LogP contribution in [0.3, 0.4) is 0 Å². The maximum absolute atomic E-state index is 13.7. The Labute approximate surface area is 250 Å². The zero-order valence-corrected chi connectivity index (χ0v) is 24.8. The fraction of sp³-hybridized carbons (Fsp3) is 0.387. The number of carbonyl (C=O) groups is 2. The number of anilines is 1. The second-order valence-corrected chi connectivity index (χ2v) is 10.4. The molecule has 0 saturated carbocycles. The third-order valence-corrected chi connectivity index (χ3v) is 7.53. The molecule has 1 aliphatic heterocycles. The number of amides is 2. The Morgan fingerprint density at radius 2 is 1.90 bits per heavy atom. The Kier molecular flexibility index (Phi) is 10.7. The summed E-state index contributed by atoms with van der Waals surface area (Å²) in [5.74, 6) is -0.196. The Morgan fingerprint density at radius 3 is 2.62 bits per heavy atom. The normalized spacial score (nSPS) is 15.2. The van der Waals surface area contributed by atoms with Gasteiger partial charge in [-0.2, -0.15) is 0 Å². The van der Waals surface area contributed by atoms with Gasteiger partial charge in [0.2, 0.25) is 5.88 Å². The Balaban J connectivity index is 1.66. The molecule has 2 aromatic carbocycles. The van der Waals surface area contributed by atoms with Gasteiger partial charge in [-0.15, -0.1) is 0 Å². The molecule has 1 aliphatic rings. The third-order valence-electron chi connectivity index (χ3n) is 7.29. The lowest BCUT2D eigenvalue weighted by Crippen LogP contribution is -2.55. The number of nitrogens with zero attached hydrogens (tertiary/aromatic N) is 3. The number of ether oxygens (including phenoxy) is 1. The molecule has 1 aromatic heterocycles. The van der Waals surface area contributed by atoms with Gasteiger partial charge < -0.3 is 25.2 Å². The van der Waals surface area contributed by atoms with Gasteiger partial charge in [0.25, 0.3) is 18.2 Å². The molecular formula is C31H36ClF2N5O3. The van der Waals surface area contributed by atoms with Crippen molar-refractivity contribution in [3.05, 3.63) is 76.4 Å². The number of halogens is 3. The number of rotatable bonds is 11. The maximum atomic E-state index is 13.7. The number of benzene rings is 2. The van der Waals surface area contributed by atoms with Gasteiger partial charge in [0.15, 0.2) is 0 Å². The molecule has 2 N–H and O–H groups in total. The number of likely N-dealkylation sites (N-methyl/N-ethyl adjacent to an activating group) is 1. The number of piperazine rings is 1. The van der Waals surface area contributed by atoms with Crippen molar-refractivity contribution < 1.29 is 23.1 Å². The van der Waals surface area contributed by atoms with Gasteiger partial charge >= 0.3 is 0 Å². The summed E-state index contributed by atoms with van der Waals surface area (Å²) in [6, 6.07) is 13.2. The van der Waals surface area contributed by atoms with Crippen molar-refractivity contribution in [2.75, 3.05) is 51.3 Å². The minimum atomic E-state index is -2.82. The average molecular weight is 600 g/mol. The number of pyridine rings is 1. The monoisotopic (exact) mass is 599 g/mol. The zero-order chi connectivity index (χ0) is 30.2.